The van der Waals surface area contributed by atoms with Crippen LogP contribution in [-0.4, -0.2) is 29.6 Å². The van der Waals surface area contributed by atoms with Crippen LogP contribution in [0, 0.1) is 0 Å². The van der Waals surface area contributed by atoms with Crippen LogP contribution >= 0.6 is 0 Å². The van der Waals surface area contributed by atoms with Crippen LogP contribution in [0.4, 0.5) is 0 Å². The van der Waals surface area contributed by atoms with Gasteiger partial charge in [0.05, 0.1) is 0 Å². The summed E-state index contributed by atoms with van der Waals surface area (Å²) in [4.78, 5) is 11.7. The molecule has 0 aliphatic rings. The number of ether oxygens (including phenoxy) is 1. The van der Waals surface area contributed by atoms with E-state index in [4.69, 9.17) is 0 Å². The predicted octanol–water partition coefficient (Wildman–Crippen LogP) is -0.158. The normalized spacial score (nSPS) is 9.43. The van der Waals surface area contributed by atoms with Crippen molar-refractivity contribution in [2.75, 3.05) is 7.11 Å². The van der Waals surface area contributed by atoms with Gasteiger partial charge in [-0.05, 0) is 0 Å². The summed E-state index contributed by atoms with van der Waals surface area (Å²) in [6, 6.07) is 0. The standard InChI is InChI=1S/C4H5GeO2/c1-7-4(6)2-3-5/h2-3H,1H3/b3-2-. The van der Waals surface area contributed by atoms with Crippen LogP contribution in [0.2, 0.25) is 0 Å². The molecule has 0 fully saturated rings. The van der Waals surface area contributed by atoms with Crippen molar-refractivity contribution in [3.8, 4) is 0 Å². The SMILES string of the molecule is COC(=O)/C=[CH]\[Ge]. The average Bonchev–Trinajstić information content (AvgIpc) is 1.68. The summed E-state index contributed by atoms with van der Waals surface area (Å²) in [5.74, 6) is -0.303. The average molecular weight is 158 g/mol. The molecule has 0 aromatic carbocycles. The van der Waals surface area contributed by atoms with Gasteiger partial charge in [0.25, 0.3) is 0 Å². The van der Waals surface area contributed by atoms with Crippen LogP contribution < -0.4 is 0 Å². The molecule has 0 amide bonds. The van der Waals surface area contributed by atoms with Gasteiger partial charge in [0.15, 0.2) is 0 Å². The molecule has 0 unspecified atom stereocenters. The van der Waals surface area contributed by atoms with Gasteiger partial charge in [0, 0.05) is 0 Å². The van der Waals surface area contributed by atoms with Gasteiger partial charge in [0.2, 0.25) is 0 Å². The molecule has 3 radical (unpaired) electrons. The molecule has 0 atom stereocenters. The van der Waals surface area contributed by atoms with Gasteiger partial charge in [0.1, 0.15) is 0 Å². The monoisotopic (exact) mass is 159 g/mol. The van der Waals surface area contributed by atoms with E-state index in [0.29, 0.717) is 0 Å². The molecule has 0 spiro atoms. The third kappa shape index (κ3) is 3.59. The number of hydrogen-bond acceptors (Lipinski definition) is 2. The van der Waals surface area contributed by atoms with Crippen molar-refractivity contribution in [2.45, 2.75) is 0 Å². The van der Waals surface area contributed by atoms with E-state index in [1.54, 1.807) is 21.4 Å². The molecule has 7 heavy (non-hydrogen) atoms. The molecule has 0 aliphatic carbocycles. The molecule has 0 rings (SSSR count). The Bertz CT molecular complexity index is 87.7. The second-order valence-corrected chi connectivity index (χ2v) is 1.56. The van der Waals surface area contributed by atoms with Gasteiger partial charge in [-0.25, -0.2) is 0 Å². The van der Waals surface area contributed by atoms with Crippen LogP contribution in [0.25, 0.3) is 0 Å². The Balaban J connectivity index is 3.37. The first kappa shape index (κ1) is 6.75. The van der Waals surface area contributed by atoms with Gasteiger partial charge in [-0.15, -0.1) is 0 Å². The van der Waals surface area contributed by atoms with Crippen molar-refractivity contribution in [1.82, 2.24) is 0 Å². The minimum absolute atomic E-state index is 0.303. The van der Waals surface area contributed by atoms with E-state index in [1.165, 1.54) is 13.2 Å². The third-order valence-electron chi connectivity index (χ3n) is 0.421. The van der Waals surface area contributed by atoms with Crippen LogP contribution in [-0.2, 0) is 9.53 Å². The van der Waals surface area contributed by atoms with Gasteiger partial charge >= 0.3 is 50.1 Å². The van der Waals surface area contributed by atoms with Crippen molar-refractivity contribution in [3.05, 3.63) is 11.0 Å². The quantitative estimate of drug-likeness (QED) is 0.301. The summed E-state index contributed by atoms with van der Waals surface area (Å²) in [5.41, 5.74) is 0. The maximum absolute atomic E-state index is 10.1. The summed E-state index contributed by atoms with van der Waals surface area (Å²) in [6.45, 7) is 0. The molecule has 37 valence electrons. The molecular formula is C4H5GeO2. The molecule has 0 aromatic heterocycles. The number of carbonyl (C=O) groups is 1. The van der Waals surface area contributed by atoms with Gasteiger partial charge < -0.3 is 0 Å². The first-order valence-corrected chi connectivity index (χ1v) is 2.94. The van der Waals surface area contributed by atoms with Crippen molar-refractivity contribution >= 4 is 22.5 Å². The molecule has 2 nitrogen and oxygen atoms in total. The van der Waals surface area contributed by atoms with E-state index in [9.17, 15) is 4.79 Å². The fourth-order valence-electron chi connectivity index (χ4n) is 0.136. The summed E-state index contributed by atoms with van der Waals surface area (Å²) < 4.78 is 4.26. The van der Waals surface area contributed by atoms with E-state index < -0.39 is 0 Å². The van der Waals surface area contributed by atoms with Crippen LogP contribution in [0.1, 0.15) is 0 Å². The van der Waals surface area contributed by atoms with Crippen LogP contribution in [0.15, 0.2) is 11.0 Å². The second kappa shape index (κ2) is 3.93. The topological polar surface area (TPSA) is 26.3 Å². The van der Waals surface area contributed by atoms with E-state index in [2.05, 4.69) is 4.74 Å². The second-order valence-electron chi connectivity index (χ2n) is 0.856. The Morgan fingerprint density at radius 3 is 2.57 bits per heavy atom. The maximum atomic E-state index is 10.1. The fraction of sp³-hybridized carbons (Fsp3) is 0.250. The molecular weight excluding hydrogens is 153 g/mol. The summed E-state index contributed by atoms with van der Waals surface area (Å²) >= 11 is 1.76. The summed E-state index contributed by atoms with van der Waals surface area (Å²) in [7, 11) is 1.35. The van der Waals surface area contributed by atoms with Gasteiger partial charge in [-0.1, -0.05) is 0 Å². The molecule has 0 aliphatic heterocycles. The zero-order chi connectivity index (χ0) is 5.70. The van der Waals surface area contributed by atoms with E-state index >= 15 is 0 Å². The Kier molecular flexibility index (Phi) is 3.79. The molecule has 0 bridgehead atoms. The number of carbonyl (C=O) groups excluding carboxylic acids is 1. The molecule has 0 heterocycles. The van der Waals surface area contributed by atoms with Gasteiger partial charge in [-0.2, -0.15) is 0 Å². The Hall–Kier alpha value is -0.247. The minimum atomic E-state index is -0.303. The van der Waals surface area contributed by atoms with E-state index in [-0.39, 0.29) is 5.97 Å². The molecule has 0 aromatic rings. The number of esters is 1. The van der Waals surface area contributed by atoms with Crippen molar-refractivity contribution in [1.29, 1.82) is 0 Å². The van der Waals surface area contributed by atoms with Crippen molar-refractivity contribution in [2.24, 2.45) is 0 Å². The molecule has 0 N–H and O–H groups in total. The number of rotatable bonds is 1. The summed E-state index contributed by atoms with van der Waals surface area (Å²) in [5, 5.41) is 0. The van der Waals surface area contributed by atoms with Crippen LogP contribution in [0.5, 0.6) is 0 Å². The Morgan fingerprint density at radius 1 is 1.86 bits per heavy atom. The first-order chi connectivity index (χ1) is 3.31. The molecule has 3 heteroatoms. The van der Waals surface area contributed by atoms with Gasteiger partial charge in [-0.3, -0.25) is 0 Å². The fourth-order valence-corrected chi connectivity index (χ4v) is 0.422. The Morgan fingerprint density at radius 2 is 2.43 bits per heavy atom. The predicted molar refractivity (Wildman–Crippen MR) is 26.9 cm³/mol. The number of methoxy groups -OCH3 is 1. The molecule has 0 saturated heterocycles. The Labute approximate surface area is 50.8 Å². The zero-order valence-corrected chi connectivity index (χ0v) is 6.07. The molecule has 0 saturated carbocycles. The van der Waals surface area contributed by atoms with E-state index in [0.717, 1.165) is 0 Å². The van der Waals surface area contributed by atoms with Crippen LogP contribution in [0.3, 0.4) is 0 Å². The number of hydrogen-bond donors (Lipinski definition) is 0. The zero-order valence-electron chi connectivity index (χ0n) is 3.97. The third-order valence-corrected chi connectivity index (χ3v) is 0.770. The summed E-state index contributed by atoms with van der Waals surface area (Å²) in [6.07, 6.45) is 1.36. The first-order valence-electron chi connectivity index (χ1n) is 1.73. The van der Waals surface area contributed by atoms with Crippen molar-refractivity contribution in [3.63, 3.8) is 0 Å². The van der Waals surface area contributed by atoms with Crippen molar-refractivity contribution < 1.29 is 9.53 Å². The van der Waals surface area contributed by atoms with E-state index in [1.807, 2.05) is 0 Å².